The van der Waals surface area contributed by atoms with Gasteiger partial charge in [0, 0.05) is 24.0 Å². The molecule has 4 rings (SSSR count). The number of carbonyl (C=O) groups is 1. The molecule has 0 saturated carbocycles. The third-order valence-electron chi connectivity index (χ3n) is 4.40. The second-order valence-corrected chi connectivity index (χ2v) is 5.66. The highest BCUT2D eigenvalue weighted by Gasteiger charge is 2.26. The van der Waals surface area contributed by atoms with E-state index in [0.717, 1.165) is 35.1 Å². The van der Waals surface area contributed by atoms with Crippen LogP contribution < -0.4 is 0 Å². The maximum absolute atomic E-state index is 12.8. The van der Waals surface area contributed by atoms with Crippen LogP contribution in [0.5, 0.6) is 0 Å². The van der Waals surface area contributed by atoms with Crippen molar-refractivity contribution >= 4 is 22.6 Å². The minimum absolute atomic E-state index is 0.191. The number of Topliss-reactive ketones (excluding diaryl/α,β-unsaturated/α-hetero) is 1. The Bertz CT molecular complexity index is 718. The Morgan fingerprint density at radius 2 is 1.65 bits per heavy atom. The predicted octanol–water partition coefficient (Wildman–Crippen LogP) is 3.86. The van der Waals surface area contributed by atoms with Gasteiger partial charge in [-0.05, 0) is 36.3 Å². The average Bonchev–Trinajstić information content (AvgIpc) is 2.52. The van der Waals surface area contributed by atoms with Crippen molar-refractivity contribution in [1.82, 2.24) is 4.90 Å². The fourth-order valence-electron chi connectivity index (χ4n) is 3.40. The van der Waals surface area contributed by atoms with Gasteiger partial charge < -0.3 is 4.90 Å². The number of piperidine rings is 1. The van der Waals surface area contributed by atoms with E-state index in [9.17, 15) is 4.79 Å². The molecule has 0 unspecified atom stereocenters. The van der Waals surface area contributed by atoms with Gasteiger partial charge in [-0.15, -0.1) is 0 Å². The van der Waals surface area contributed by atoms with E-state index in [2.05, 4.69) is 35.2 Å². The molecule has 0 atom stereocenters. The molecule has 1 heterocycles. The van der Waals surface area contributed by atoms with Crippen LogP contribution in [-0.4, -0.2) is 23.8 Å². The van der Waals surface area contributed by atoms with E-state index < -0.39 is 0 Å². The van der Waals surface area contributed by atoms with Crippen LogP contribution in [0, 0.1) is 0 Å². The molecule has 0 radical (unpaired) electrons. The Balaban J connectivity index is 1.89. The number of ketones is 1. The largest absolute Gasteiger partial charge is 0.368 e. The molecule has 2 aromatic carbocycles. The van der Waals surface area contributed by atoms with Crippen LogP contribution in [0.3, 0.4) is 0 Å². The zero-order valence-electron chi connectivity index (χ0n) is 11.4. The predicted molar refractivity (Wildman–Crippen MR) is 81.7 cm³/mol. The number of nitrogens with zero attached hydrogens (tertiary/aromatic N) is 1. The van der Waals surface area contributed by atoms with Crippen LogP contribution >= 0.6 is 0 Å². The molecule has 20 heavy (non-hydrogen) atoms. The van der Waals surface area contributed by atoms with Crippen molar-refractivity contribution in [2.45, 2.75) is 19.3 Å². The van der Waals surface area contributed by atoms with Gasteiger partial charge in [-0.3, -0.25) is 4.79 Å². The Morgan fingerprint density at radius 3 is 2.45 bits per heavy atom. The Hall–Kier alpha value is -2.09. The lowest BCUT2D eigenvalue weighted by molar-refractivity contribution is 0.0986. The number of hydrogen-bond acceptors (Lipinski definition) is 2. The van der Waals surface area contributed by atoms with Crippen LogP contribution in [0.1, 0.15) is 35.2 Å². The van der Waals surface area contributed by atoms with Crippen molar-refractivity contribution in [3.63, 3.8) is 0 Å². The van der Waals surface area contributed by atoms with E-state index in [1.807, 2.05) is 12.1 Å². The van der Waals surface area contributed by atoms with E-state index in [0.29, 0.717) is 0 Å². The molecule has 2 nitrogen and oxygen atoms in total. The molecular weight excluding hydrogens is 246 g/mol. The highest BCUT2D eigenvalue weighted by molar-refractivity contribution is 6.22. The third-order valence-corrected chi connectivity index (χ3v) is 4.40. The number of rotatable bonds is 1. The van der Waals surface area contributed by atoms with Crippen molar-refractivity contribution in [1.29, 1.82) is 0 Å². The van der Waals surface area contributed by atoms with Crippen molar-refractivity contribution in [3.05, 3.63) is 53.2 Å². The first-order chi connectivity index (χ1) is 9.84. The fraction of sp³-hybridized carbons (Fsp3) is 0.278. The van der Waals surface area contributed by atoms with Crippen molar-refractivity contribution < 1.29 is 4.79 Å². The van der Waals surface area contributed by atoms with Gasteiger partial charge in [-0.25, -0.2) is 0 Å². The van der Waals surface area contributed by atoms with Gasteiger partial charge >= 0.3 is 0 Å². The molecule has 2 heteroatoms. The van der Waals surface area contributed by atoms with E-state index in [1.54, 1.807) is 0 Å². The monoisotopic (exact) mass is 263 g/mol. The van der Waals surface area contributed by atoms with Crippen LogP contribution in [0.25, 0.3) is 16.8 Å². The molecule has 0 aromatic heterocycles. The molecule has 0 spiro atoms. The lowest BCUT2D eigenvalue weighted by Gasteiger charge is -2.32. The molecule has 100 valence electrons. The van der Waals surface area contributed by atoms with Gasteiger partial charge in [-0.2, -0.15) is 0 Å². The molecular formula is C18H17NO. The van der Waals surface area contributed by atoms with Crippen molar-refractivity contribution in [2.24, 2.45) is 0 Å². The lowest BCUT2D eigenvalue weighted by atomic mass is 9.89. The number of allylic oxidation sites excluding steroid dienone is 1. The molecule has 1 saturated heterocycles. The Labute approximate surface area is 118 Å². The quantitative estimate of drug-likeness (QED) is 0.778. The fourth-order valence-corrected chi connectivity index (χ4v) is 3.40. The average molecular weight is 263 g/mol. The number of benzene rings is 2. The molecule has 2 aromatic rings. The van der Waals surface area contributed by atoms with Gasteiger partial charge in [0.15, 0.2) is 0 Å². The summed E-state index contributed by atoms with van der Waals surface area (Å²) in [4.78, 5) is 15.1. The highest BCUT2D eigenvalue weighted by Crippen LogP contribution is 2.33. The highest BCUT2D eigenvalue weighted by atomic mass is 16.1. The minimum Gasteiger partial charge on any atom is -0.368 e. The molecule has 1 fully saturated rings. The van der Waals surface area contributed by atoms with E-state index in [1.165, 1.54) is 24.8 Å². The van der Waals surface area contributed by atoms with Gasteiger partial charge in [0.1, 0.15) is 0 Å². The summed E-state index contributed by atoms with van der Waals surface area (Å²) in [6, 6.07) is 12.3. The maximum Gasteiger partial charge on any atom is 0.209 e. The van der Waals surface area contributed by atoms with E-state index >= 15 is 0 Å². The summed E-state index contributed by atoms with van der Waals surface area (Å²) in [5.41, 5.74) is 2.93. The Morgan fingerprint density at radius 1 is 0.900 bits per heavy atom. The summed E-state index contributed by atoms with van der Waals surface area (Å²) >= 11 is 0. The first-order valence-corrected chi connectivity index (χ1v) is 7.38. The van der Waals surface area contributed by atoms with Gasteiger partial charge in [0.25, 0.3) is 0 Å². The zero-order valence-corrected chi connectivity index (χ0v) is 11.4. The number of carbonyl (C=O) groups excluding carboxylic acids is 1. The molecule has 2 aliphatic rings. The lowest BCUT2D eigenvalue weighted by Crippen LogP contribution is -2.33. The molecule has 0 N–H and O–H groups in total. The second-order valence-electron chi connectivity index (χ2n) is 5.66. The normalized spacial score (nSPS) is 18.3. The van der Waals surface area contributed by atoms with Crippen LogP contribution in [0.2, 0.25) is 0 Å². The number of hydrogen-bond donors (Lipinski definition) is 0. The molecule has 0 bridgehead atoms. The molecule has 1 aliphatic heterocycles. The van der Waals surface area contributed by atoms with Crippen LogP contribution in [0.4, 0.5) is 0 Å². The van der Waals surface area contributed by atoms with Gasteiger partial charge in [0.2, 0.25) is 5.78 Å². The van der Waals surface area contributed by atoms with Crippen molar-refractivity contribution in [3.8, 4) is 0 Å². The van der Waals surface area contributed by atoms with Gasteiger partial charge in [-0.1, -0.05) is 36.4 Å². The summed E-state index contributed by atoms with van der Waals surface area (Å²) < 4.78 is 0. The van der Waals surface area contributed by atoms with Gasteiger partial charge in [0.05, 0.1) is 5.70 Å². The molecule has 1 aliphatic carbocycles. The smallest absolute Gasteiger partial charge is 0.209 e. The summed E-state index contributed by atoms with van der Waals surface area (Å²) in [6.07, 6.45) is 5.75. The minimum atomic E-state index is 0.191. The van der Waals surface area contributed by atoms with E-state index in [4.69, 9.17) is 0 Å². The standard InChI is InChI=1S/C18H17NO/c20-18-15-9-5-7-13-6-4-8-14(17(13)15)12-16(18)19-10-2-1-3-11-19/h4-9,12H,1-3,10-11H2. The SMILES string of the molecule is O=C1C(N2CCCCC2)=Cc2cccc3cccc1c23. The summed E-state index contributed by atoms with van der Waals surface area (Å²) in [6.45, 7) is 2.02. The summed E-state index contributed by atoms with van der Waals surface area (Å²) in [5, 5.41) is 2.27. The topological polar surface area (TPSA) is 20.3 Å². The summed E-state index contributed by atoms with van der Waals surface area (Å²) in [7, 11) is 0. The first kappa shape index (κ1) is 11.7. The van der Waals surface area contributed by atoms with Crippen LogP contribution in [-0.2, 0) is 0 Å². The number of likely N-dealkylation sites (tertiary alicyclic amines) is 1. The summed E-state index contributed by atoms with van der Waals surface area (Å²) in [5.74, 6) is 0.191. The third kappa shape index (κ3) is 1.68. The second kappa shape index (κ2) is 4.48. The van der Waals surface area contributed by atoms with Crippen LogP contribution in [0.15, 0.2) is 42.1 Å². The Kier molecular flexibility index (Phi) is 2.62. The maximum atomic E-state index is 12.8. The molecule has 0 amide bonds. The zero-order chi connectivity index (χ0) is 13.5. The van der Waals surface area contributed by atoms with E-state index in [-0.39, 0.29) is 5.78 Å². The first-order valence-electron chi connectivity index (χ1n) is 7.38. The van der Waals surface area contributed by atoms with Crippen molar-refractivity contribution in [2.75, 3.05) is 13.1 Å².